The van der Waals surface area contributed by atoms with Crippen LogP contribution < -0.4 is 5.32 Å². The molecule has 1 N–H and O–H groups in total. The molecule has 0 aliphatic heterocycles. The van der Waals surface area contributed by atoms with Gasteiger partial charge < -0.3 is 5.32 Å². The summed E-state index contributed by atoms with van der Waals surface area (Å²) in [5.74, 6) is 0.754. The van der Waals surface area contributed by atoms with Crippen molar-refractivity contribution in [1.29, 1.82) is 0 Å². The van der Waals surface area contributed by atoms with Gasteiger partial charge in [-0.25, -0.2) is 0 Å². The van der Waals surface area contributed by atoms with Crippen molar-refractivity contribution in [3.8, 4) is 0 Å². The molecule has 0 spiro atoms. The second kappa shape index (κ2) is 6.75. The maximum absolute atomic E-state index is 11.1. The van der Waals surface area contributed by atoms with Gasteiger partial charge in [-0.15, -0.1) is 23.4 Å². The van der Waals surface area contributed by atoms with Crippen molar-refractivity contribution >= 4 is 29.3 Å². The molecule has 0 aliphatic carbocycles. The number of benzene rings is 1. The van der Waals surface area contributed by atoms with Crippen molar-refractivity contribution < 1.29 is 4.79 Å². The first-order valence-corrected chi connectivity index (χ1v) is 6.22. The quantitative estimate of drug-likeness (QED) is 0.489. The van der Waals surface area contributed by atoms with E-state index in [1.54, 1.807) is 18.7 Å². The summed E-state index contributed by atoms with van der Waals surface area (Å²) >= 11 is 7.32. The highest BCUT2D eigenvalue weighted by Gasteiger charge is 2.06. The maximum Gasteiger partial charge on any atom is 0.237 e. The van der Waals surface area contributed by atoms with E-state index in [1.165, 1.54) is 4.90 Å². The number of carbonyl (C=O) groups excluding carboxylic acids is 1. The number of hydrogen-bond acceptors (Lipinski definition) is 2. The number of hydrogen-bond donors (Lipinski definition) is 1. The molecule has 82 valence electrons. The third kappa shape index (κ3) is 5.09. The molecule has 4 heteroatoms. The highest BCUT2D eigenvalue weighted by atomic mass is 35.5. The molecule has 0 aliphatic rings. The van der Waals surface area contributed by atoms with E-state index in [4.69, 9.17) is 11.6 Å². The zero-order valence-electron chi connectivity index (χ0n) is 8.57. The number of rotatable bonds is 5. The largest absolute Gasteiger partial charge is 0.354 e. The van der Waals surface area contributed by atoms with Crippen LogP contribution in [0.5, 0.6) is 0 Å². The molecule has 1 aromatic carbocycles. The average molecular weight is 244 g/mol. The second-order valence-electron chi connectivity index (χ2n) is 3.07. The summed E-state index contributed by atoms with van der Waals surface area (Å²) in [6, 6.07) is 10.1. The molecule has 15 heavy (non-hydrogen) atoms. The zero-order chi connectivity index (χ0) is 11.1. The van der Waals surface area contributed by atoms with Gasteiger partial charge in [0.1, 0.15) is 5.38 Å². The van der Waals surface area contributed by atoms with Crippen molar-refractivity contribution in [1.82, 2.24) is 5.32 Å². The van der Waals surface area contributed by atoms with Crippen LogP contribution in [0.2, 0.25) is 0 Å². The Morgan fingerprint density at radius 2 is 2.13 bits per heavy atom. The van der Waals surface area contributed by atoms with Crippen LogP contribution in [0.25, 0.3) is 0 Å². The fourth-order valence-corrected chi connectivity index (χ4v) is 1.87. The summed E-state index contributed by atoms with van der Waals surface area (Å²) in [6.45, 7) is 2.32. The van der Waals surface area contributed by atoms with Crippen LogP contribution in [0, 0.1) is 0 Å². The molecule has 0 saturated heterocycles. The van der Waals surface area contributed by atoms with E-state index < -0.39 is 5.38 Å². The summed E-state index contributed by atoms with van der Waals surface area (Å²) in [7, 11) is 0. The van der Waals surface area contributed by atoms with Gasteiger partial charge in [0.25, 0.3) is 0 Å². The van der Waals surface area contributed by atoms with Crippen LogP contribution in [-0.4, -0.2) is 23.6 Å². The lowest BCUT2D eigenvalue weighted by Crippen LogP contribution is -2.31. The molecule has 0 fully saturated rings. The second-order valence-corrected chi connectivity index (χ2v) is 4.89. The molecule has 0 bridgehead atoms. The van der Waals surface area contributed by atoms with E-state index in [9.17, 15) is 4.79 Å². The van der Waals surface area contributed by atoms with Crippen LogP contribution in [0.1, 0.15) is 6.92 Å². The molecular formula is C11H14ClNOS. The lowest BCUT2D eigenvalue weighted by molar-refractivity contribution is -0.120. The fourth-order valence-electron chi connectivity index (χ4n) is 1.00. The van der Waals surface area contributed by atoms with Gasteiger partial charge in [-0.1, -0.05) is 18.2 Å². The van der Waals surface area contributed by atoms with E-state index in [2.05, 4.69) is 17.4 Å². The van der Waals surface area contributed by atoms with Gasteiger partial charge >= 0.3 is 0 Å². The van der Waals surface area contributed by atoms with Crippen molar-refractivity contribution in [3.05, 3.63) is 30.3 Å². The average Bonchev–Trinajstić information content (AvgIpc) is 2.25. The number of amides is 1. The van der Waals surface area contributed by atoms with Crippen molar-refractivity contribution in [2.45, 2.75) is 17.2 Å². The molecule has 0 radical (unpaired) electrons. The van der Waals surface area contributed by atoms with Crippen molar-refractivity contribution in [2.24, 2.45) is 0 Å². The molecule has 0 heterocycles. The normalized spacial score (nSPS) is 12.1. The summed E-state index contributed by atoms with van der Waals surface area (Å²) in [6.07, 6.45) is 0. The number of thioether (sulfide) groups is 1. The standard InChI is InChI=1S/C11H14ClNOS/c1-9(12)11(14)13-7-8-15-10-5-3-2-4-6-10/h2-6,9H,7-8H2,1H3,(H,13,14). The fraction of sp³-hybridized carbons (Fsp3) is 0.364. The molecule has 0 saturated carbocycles. The van der Waals surface area contributed by atoms with Gasteiger partial charge in [0.15, 0.2) is 0 Å². The lowest BCUT2D eigenvalue weighted by Gasteiger charge is -2.05. The Bertz CT molecular complexity index is 303. The molecule has 1 amide bonds. The topological polar surface area (TPSA) is 29.1 Å². The third-order valence-corrected chi connectivity index (χ3v) is 2.99. The Kier molecular flexibility index (Phi) is 5.58. The number of alkyl halides is 1. The molecule has 2 nitrogen and oxygen atoms in total. The van der Waals surface area contributed by atoms with Crippen LogP contribution >= 0.6 is 23.4 Å². The molecule has 1 unspecified atom stereocenters. The smallest absolute Gasteiger partial charge is 0.237 e. The Hall–Kier alpha value is -0.670. The molecular weight excluding hydrogens is 230 g/mol. The number of nitrogens with one attached hydrogen (secondary N) is 1. The first-order chi connectivity index (χ1) is 7.20. The SMILES string of the molecule is CC(Cl)C(=O)NCCSc1ccccc1. The van der Waals surface area contributed by atoms with Crippen LogP contribution in [0.15, 0.2) is 35.2 Å². The molecule has 1 atom stereocenters. The minimum absolute atomic E-state index is 0.106. The van der Waals surface area contributed by atoms with Gasteiger partial charge in [0.2, 0.25) is 5.91 Å². The monoisotopic (exact) mass is 243 g/mol. The van der Waals surface area contributed by atoms with E-state index in [0.717, 1.165) is 5.75 Å². The highest BCUT2D eigenvalue weighted by Crippen LogP contribution is 2.15. The molecule has 0 aromatic heterocycles. The van der Waals surface area contributed by atoms with Gasteiger partial charge in [0, 0.05) is 17.2 Å². The minimum atomic E-state index is -0.452. The van der Waals surface area contributed by atoms with Crippen LogP contribution in [-0.2, 0) is 4.79 Å². The van der Waals surface area contributed by atoms with Crippen LogP contribution in [0.3, 0.4) is 0 Å². The van der Waals surface area contributed by atoms with Gasteiger partial charge in [0.05, 0.1) is 0 Å². The van der Waals surface area contributed by atoms with Crippen molar-refractivity contribution in [3.63, 3.8) is 0 Å². The first kappa shape index (κ1) is 12.4. The summed E-state index contributed by atoms with van der Waals surface area (Å²) in [4.78, 5) is 12.3. The maximum atomic E-state index is 11.1. The van der Waals surface area contributed by atoms with E-state index in [-0.39, 0.29) is 5.91 Å². The Morgan fingerprint density at radius 1 is 1.47 bits per heavy atom. The predicted octanol–water partition coefficient (Wildman–Crippen LogP) is 2.52. The third-order valence-electron chi connectivity index (χ3n) is 1.77. The van der Waals surface area contributed by atoms with Gasteiger partial charge in [-0.3, -0.25) is 4.79 Å². The van der Waals surface area contributed by atoms with Crippen LogP contribution in [0.4, 0.5) is 0 Å². The van der Waals surface area contributed by atoms with E-state index in [0.29, 0.717) is 6.54 Å². The number of carbonyl (C=O) groups is 1. The first-order valence-electron chi connectivity index (χ1n) is 4.80. The summed E-state index contributed by atoms with van der Waals surface area (Å²) in [5, 5.41) is 2.31. The molecule has 1 rings (SSSR count). The van der Waals surface area contributed by atoms with Gasteiger partial charge in [-0.05, 0) is 19.1 Å². The van der Waals surface area contributed by atoms with E-state index >= 15 is 0 Å². The van der Waals surface area contributed by atoms with Crippen molar-refractivity contribution in [2.75, 3.05) is 12.3 Å². The number of halogens is 1. The summed E-state index contributed by atoms with van der Waals surface area (Å²) in [5.41, 5.74) is 0. The minimum Gasteiger partial charge on any atom is -0.354 e. The predicted molar refractivity (Wildman–Crippen MR) is 65.5 cm³/mol. The highest BCUT2D eigenvalue weighted by molar-refractivity contribution is 7.99. The lowest BCUT2D eigenvalue weighted by atomic mass is 10.4. The zero-order valence-corrected chi connectivity index (χ0v) is 10.1. The van der Waals surface area contributed by atoms with E-state index in [1.807, 2.05) is 18.2 Å². The summed E-state index contributed by atoms with van der Waals surface area (Å²) < 4.78 is 0. The van der Waals surface area contributed by atoms with Gasteiger partial charge in [-0.2, -0.15) is 0 Å². The molecule has 1 aromatic rings. The Balaban J connectivity index is 2.15. The Morgan fingerprint density at radius 3 is 2.73 bits per heavy atom. The Labute approximate surface area is 99.4 Å².